The molecule has 10 heteroatoms. The molecule has 130 valence electrons. The smallest absolute Gasteiger partial charge is 0.330 e. The lowest BCUT2D eigenvalue weighted by molar-refractivity contribution is -0.280. The molecule has 0 bridgehead atoms. The van der Waals surface area contributed by atoms with Gasteiger partial charge in [0, 0.05) is 25.4 Å². The van der Waals surface area contributed by atoms with E-state index in [-0.39, 0.29) is 18.7 Å². The Hall–Kier alpha value is -1.56. The number of aromatic amines is 1. The van der Waals surface area contributed by atoms with E-state index in [0.717, 1.165) is 4.57 Å². The highest BCUT2D eigenvalue weighted by Crippen LogP contribution is 2.38. The highest BCUT2D eigenvalue weighted by atomic mass is 16.7. The van der Waals surface area contributed by atoms with Gasteiger partial charge in [-0.15, -0.1) is 0 Å². The largest absolute Gasteiger partial charge is 0.391 e. The molecule has 1 fully saturated rings. The number of aliphatic hydroxyl groups is 2. The molecule has 0 radical (unpaired) electrons. The van der Waals surface area contributed by atoms with E-state index in [2.05, 4.69) is 4.98 Å². The number of hydrogen-bond acceptors (Lipinski definition) is 8. The highest BCUT2D eigenvalue weighted by Gasteiger charge is 2.57. The first-order chi connectivity index (χ1) is 10.9. The second kappa shape index (κ2) is 6.91. The van der Waals surface area contributed by atoms with Gasteiger partial charge in [0.2, 0.25) is 5.79 Å². The Morgan fingerprint density at radius 3 is 2.78 bits per heavy atom. The van der Waals surface area contributed by atoms with Crippen LogP contribution in [-0.2, 0) is 14.2 Å². The monoisotopic (exact) mass is 331 g/mol. The number of H-pyrrole nitrogens is 1. The molecule has 23 heavy (non-hydrogen) atoms. The van der Waals surface area contributed by atoms with Gasteiger partial charge in [0.25, 0.3) is 5.56 Å². The second-order valence-electron chi connectivity index (χ2n) is 5.24. The van der Waals surface area contributed by atoms with Crippen molar-refractivity contribution in [1.82, 2.24) is 9.55 Å². The van der Waals surface area contributed by atoms with Crippen molar-refractivity contribution in [2.24, 2.45) is 5.73 Å². The number of hydrogen-bond donors (Lipinski definition) is 4. The standard InChI is InChI=1S/C13H21N3O7/c1-7-5-16(12(20)15-10(7)19)11-8(21-2)9(18)13(6-17,23-11)22-4-3-14/h5,8-9,11,17-18H,3-4,6,14H2,1-2H3,(H,15,19,20)/t8-,9+,11-,13-/m1/s1. The van der Waals surface area contributed by atoms with E-state index in [9.17, 15) is 19.8 Å². The van der Waals surface area contributed by atoms with Gasteiger partial charge in [-0.2, -0.15) is 0 Å². The van der Waals surface area contributed by atoms with Crippen molar-refractivity contribution in [3.63, 3.8) is 0 Å². The van der Waals surface area contributed by atoms with Crippen molar-refractivity contribution in [3.05, 3.63) is 32.6 Å². The van der Waals surface area contributed by atoms with Crippen LogP contribution < -0.4 is 17.0 Å². The zero-order chi connectivity index (χ0) is 17.2. The maximum atomic E-state index is 12.0. The van der Waals surface area contributed by atoms with E-state index in [1.807, 2.05) is 0 Å². The van der Waals surface area contributed by atoms with Crippen molar-refractivity contribution < 1.29 is 24.4 Å². The highest BCUT2D eigenvalue weighted by molar-refractivity contribution is 5.04. The van der Waals surface area contributed by atoms with Crippen LogP contribution in [0.5, 0.6) is 0 Å². The molecule has 1 saturated heterocycles. The van der Waals surface area contributed by atoms with E-state index in [4.69, 9.17) is 19.9 Å². The van der Waals surface area contributed by atoms with Gasteiger partial charge in [-0.3, -0.25) is 14.3 Å². The predicted octanol–water partition coefficient (Wildman–Crippen LogP) is -2.59. The van der Waals surface area contributed by atoms with Crippen LogP contribution in [0.3, 0.4) is 0 Å². The molecular weight excluding hydrogens is 310 g/mol. The number of methoxy groups -OCH3 is 1. The van der Waals surface area contributed by atoms with Crippen molar-refractivity contribution in [3.8, 4) is 0 Å². The maximum absolute atomic E-state index is 12.0. The molecule has 0 saturated carbocycles. The molecule has 1 aliphatic heterocycles. The first-order valence-corrected chi connectivity index (χ1v) is 7.06. The quantitative estimate of drug-likeness (QED) is 0.444. The van der Waals surface area contributed by atoms with E-state index in [0.29, 0.717) is 0 Å². The topological polar surface area (TPSA) is 149 Å². The number of ether oxygens (including phenoxy) is 3. The first kappa shape index (κ1) is 17.8. The molecule has 0 aliphatic carbocycles. The summed E-state index contributed by atoms with van der Waals surface area (Å²) in [5.74, 6) is -1.77. The van der Waals surface area contributed by atoms with Crippen molar-refractivity contribution >= 4 is 0 Å². The molecule has 1 aliphatic rings. The summed E-state index contributed by atoms with van der Waals surface area (Å²) in [5.41, 5.74) is 4.40. The van der Waals surface area contributed by atoms with Gasteiger partial charge in [-0.1, -0.05) is 0 Å². The number of nitrogens with zero attached hydrogens (tertiary/aromatic N) is 1. The molecular formula is C13H21N3O7. The van der Waals surface area contributed by atoms with Crippen LogP contribution in [0.2, 0.25) is 0 Å². The molecule has 2 heterocycles. The summed E-state index contributed by atoms with van der Waals surface area (Å²) in [5, 5.41) is 20.0. The first-order valence-electron chi connectivity index (χ1n) is 7.06. The number of aromatic nitrogens is 2. The van der Waals surface area contributed by atoms with E-state index in [1.165, 1.54) is 20.2 Å². The minimum Gasteiger partial charge on any atom is -0.391 e. The fourth-order valence-corrected chi connectivity index (χ4v) is 2.51. The molecule has 0 spiro atoms. The average Bonchev–Trinajstić information content (AvgIpc) is 2.81. The predicted molar refractivity (Wildman–Crippen MR) is 77.8 cm³/mol. The van der Waals surface area contributed by atoms with Crippen molar-refractivity contribution in [1.29, 1.82) is 0 Å². The maximum Gasteiger partial charge on any atom is 0.330 e. The molecule has 2 rings (SSSR count). The van der Waals surface area contributed by atoms with Crippen molar-refractivity contribution in [2.45, 2.75) is 31.1 Å². The Bertz CT molecular complexity index is 658. The van der Waals surface area contributed by atoms with Gasteiger partial charge in [-0.05, 0) is 6.92 Å². The minimum absolute atomic E-state index is 0.0281. The summed E-state index contributed by atoms with van der Waals surface area (Å²) in [4.78, 5) is 25.6. The summed E-state index contributed by atoms with van der Waals surface area (Å²) < 4.78 is 17.3. The fourth-order valence-electron chi connectivity index (χ4n) is 2.51. The number of nitrogens with one attached hydrogen (secondary N) is 1. The fraction of sp³-hybridized carbons (Fsp3) is 0.692. The number of nitrogens with two attached hydrogens (primary N) is 1. The Labute approximate surface area is 131 Å². The molecule has 0 unspecified atom stereocenters. The van der Waals surface area contributed by atoms with Gasteiger partial charge in [-0.25, -0.2) is 4.79 Å². The summed E-state index contributed by atoms with van der Waals surface area (Å²) in [6.07, 6.45) is -2.17. The van der Waals surface area contributed by atoms with Crippen LogP contribution in [0.4, 0.5) is 0 Å². The number of aryl methyl sites for hydroxylation is 1. The zero-order valence-corrected chi connectivity index (χ0v) is 12.9. The van der Waals surface area contributed by atoms with E-state index in [1.54, 1.807) is 0 Å². The van der Waals surface area contributed by atoms with Gasteiger partial charge in [0.1, 0.15) is 18.8 Å². The molecule has 4 atom stereocenters. The van der Waals surface area contributed by atoms with Crippen LogP contribution in [0, 0.1) is 6.92 Å². The van der Waals surface area contributed by atoms with Gasteiger partial charge in [0.15, 0.2) is 6.23 Å². The lowest BCUT2D eigenvalue weighted by Gasteiger charge is -2.29. The summed E-state index contributed by atoms with van der Waals surface area (Å²) in [6.45, 7) is 1.03. The Balaban J connectivity index is 2.45. The van der Waals surface area contributed by atoms with Crippen molar-refractivity contribution in [2.75, 3.05) is 26.9 Å². The Morgan fingerprint density at radius 1 is 1.52 bits per heavy atom. The van der Waals surface area contributed by atoms with E-state index >= 15 is 0 Å². The summed E-state index contributed by atoms with van der Waals surface area (Å²) in [6, 6.07) is 0. The van der Waals surface area contributed by atoms with Gasteiger partial charge >= 0.3 is 5.69 Å². The third kappa shape index (κ3) is 3.09. The molecule has 10 nitrogen and oxygen atoms in total. The molecule has 1 aromatic heterocycles. The van der Waals surface area contributed by atoms with Crippen LogP contribution >= 0.6 is 0 Å². The molecule has 5 N–H and O–H groups in total. The van der Waals surface area contributed by atoms with Gasteiger partial charge < -0.3 is 30.2 Å². The lowest BCUT2D eigenvalue weighted by Crippen LogP contribution is -2.49. The molecule has 0 amide bonds. The molecule has 0 aromatic carbocycles. The lowest BCUT2D eigenvalue weighted by atomic mass is 10.1. The second-order valence-corrected chi connectivity index (χ2v) is 5.24. The third-order valence-corrected chi connectivity index (χ3v) is 3.74. The normalized spacial score (nSPS) is 30.7. The third-order valence-electron chi connectivity index (χ3n) is 3.74. The zero-order valence-electron chi connectivity index (χ0n) is 12.9. The van der Waals surface area contributed by atoms with Gasteiger partial charge in [0.05, 0.1) is 6.61 Å². The molecule has 1 aromatic rings. The van der Waals surface area contributed by atoms with Crippen LogP contribution in [0.15, 0.2) is 15.8 Å². The van der Waals surface area contributed by atoms with E-state index < -0.39 is 42.1 Å². The van der Waals surface area contributed by atoms with Crippen LogP contribution in [0.25, 0.3) is 0 Å². The minimum atomic E-state index is -1.77. The summed E-state index contributed by atoms with van der Waals surface area (Å²) in [7, 11) is 1.32. The Morgan fingerprint density at radius 2 is 2.22 bits per heavy atom. The number of rotatable bonds is 6. The SMILES string of the molecule is CO[C@H]1[C@H](n2cc(C)c(=O)[nH]c2=O)O[C@@](CO)(OCCN)[C@H]1O. The Kier molecular flexibility index (Phi) is 5.34. The van der Waals surface area contributed by atoms with Crippen LogP contribution in [0.1, 0.15) is 11.8 Å². The number of aliphatic hydroxyl groups excluding tert-OH is 2. The van der Waals surface area contributed by atoms with Crippen LogP contribution in [-0.4, -0.2) is 64.6 Å². The average molecular weight is 331 g/mol. The summed E-state index contributed by atoms with van der Waals surface area (Å²) >= 11 is 0.